The molecule has 1 aromatic heterocycles. The molecule has 1 aliphatic heterocycles. The van der Waals surface area contributed by atoms with E-state index in [1.807, 2.05) is 0 Å². The summed E-state index contributed by atoms with van der Waals surface area (Å²) in [5, 5.41) is 1.31. The first-order chi connectivity index (χ1) is 11.8. The Morgan fingerprint density at radius 2 is 1.79 bits per heavy atom. The number of rotatable bonds is 4. The maximum atomic E-state index is 6.02. The van der Waals surface area contributed by atoms with E-state index < -0.39 is 0 Å². The number of piperazine rings is 1. The highest BCUT2D eigenvalue weighted by Crippen LogP contribution is 2.30. The molecule has 2 aromatic rings. The van der Waals surface area contributed by atoms with Crippen LogP contribution in [0.3, 0.4) is 0 Å². The highest BCUT2D eigenvalue weighted by atomic mass is 32.1. The van der Waals surface area contributed by atoms with E-state index in [2.05, 4.69) is 34.1 Å². The molecule has 0 unspecified atom stereocenters. The second-order valence-corrected chi connectivity index (χ2v) is 8.21. The van der Waals surface area contributed by atoms with Gasteiger partial charge in [0, 0.05) is 37.6 Å². The van der Waals surface area contributed by atoms with Gasteiger partial charge in [-0.05, 0) is 68.2 Å². The van der Waals surface area contributed by atoms with Gasteiger partial charge in [0.25, 0.3) is 0 Å². The van der Waals surface area contributed by atoms with Gasteiger partial charge in [-0.2, -0.15) is 4.37 Å². The minimum absolute atomic E-state index is 0.470. The SMILES string of the molecule is N[C@H]1CC[C@@H](CCN2CCN(c3nsc4ccccc34)CC2)CC1. The molecule has 0 bridgehead atoms. The third kappa shape index (κ3) is 3.58. The zero-order valence-electron chi connectivity index (χ0n) is 14.4. The van der Waals surface area contributed by atoms with Crippen molar-refractivity contribution in [2.75, 3.05) is 37.6 Å². The molecule has 5 heteroatoms. The average molecular weight is 345 g/mol. The fourth-order valence-corrected chi connectivity index (χ4v) is 4.92. The Labute approximate surface area is 148 Å². The Bertz CT molecular complexity index is 654. The quantitative estimate of drug-likeness (QED) is 0.924. The molecule has 0 atom stereocenters. The smallest absolute Gasteiger partial charge is 0.150 e. The molecule has 130 valence electrons. The molecule has 1 aromatic carbocycles. The second-order valence-electron chi connectivity index (χ2n) is 7.40. The maximum absolute atomic E-state index is 6.02. The monoisotopic (exact) mass is 344 g/mol. The number of nitrogens with two attached hydrogens (primary N) is 1. The summed E-state index contributed by atoms with van der Waals surface area (Å²) in [5.41, 5.74) is 6.02. The average Bonchev–Trinajstić information content (AvgIpc) is 3.06. The lowest BCUT2D eigenvalue weighted by Gasteiger charge is -2.36. The highest BCUT2D eigenvalue weighted by Gasteiger charge is 2.23. The molecule has 2 N–H and O–H groups in total. The predicted octanol–water partition coefficient (Wildman–Crippen LogP) is 3.33. The Hall–Kier alpha value is -1.17. The van der Waals surface area contributed by atoms with Crippen molar-refractivity contribution in [2.45, 2.75) is 38.1 Å². The first-order valence-electron chi connectivity index (χ1n) is 9.37. The molecule has 2 heterocycles. The van der Waals surface area contributed by atoms with Crippen LogP contribution in [0.15, 0.2) is 24.3 Å². The van der Waals surface area contributed by atoms with E-state index in [9.17, 15) is 0 Å². The van der Waals surface area contributed by atoms with Crippen molar-refractivity contribution in [3.63, 3.8) is 0 Å². The number of benzene rings is 1. The van der Waals surface area contributed by atoms with Gasteiger partial charge in [-0.25, -0.2) is 0 Å². The van der Waals surface area contributed by atoms with Crippen molar-refractivity contribution in [1.29, 1.82) is 0 Å². The van der Waals surface area contributed by atoms with Crippen molar-refractivity contribution in [3.05, 3.63) is 24.3 Å². The van der Waals surface area contributed by atoms with Crippen molar-refractivity contribution >= 4 is 27.4 Å². The van der Waals surface area contributed by atoms with Crippen LogP contribution in [-0.4, -0.2) is 48.0 Å². The normalized spacial score (nSPS) is 26.1. The first kappa shape index (κ1) is 16.3. The minimum Gasteiger partial charge on any atom is -0.353 e. The van der Waals surface area contributed by atoms with Gasteiger partial charge < -0.3 is 10.6 Å². The van der Waals surface area contributed by atoms with Crippen LogP contribution in [0.4, 0.5) is 5.82 Å². The summed E-state index contributed by atoms with van der Waals surface area (Å²) in [6.07, 6.45) is 6.49. The highest BCUT2D eigenvalue weighted by molar-refractivity contribution is 7.13. The second kappa shape index (κ2) is 7.38. The van der Waals surface area contributed by atoms with Crippen molar-refractivity contribution in [2.24, 2.45) is 11.7 Å². The van der Waals surface area contributed by atoms with Crippen LogP contribution in [0.1, 0.15) is 32.1 Å². The largest absolute Gasteiger partial charge is 0.353 e. The number of aromatic nitrogens is 1. The Morgan fingerprint density at radius 1 is 1.04 bits per heavy atom. The molecule has 4 rings (SSSR count). The molecule has 1 saturated heterocycles. The standard InChI is InChI=1S/C19H28N4S/c20-16-7-5-15(6-8-16)9-10-22-11-13-23(14-12-22)19-17-3-1-2-4-18(17)24-21-19/h1-4,15-16H,5-14,20H2/t15-,16+. The zero-order valence-corrected chi connectivity index (χ0v) is 15.2. The lowest BCUT2D eigenvalue weighted by Crippen LogP contribution is -2.47. The molecule has 24 heavy (non-hydrogen) atoms. The van der Waals surface area contributed by atoms with Gasteiger partial charge in [-0.15, -0.1) is 0 Å². The molecule has 2 aliphatic rings. The third-order valence-electron chi connectivity index (χ3n) is 5.78. The molecule has 4 nitrogen and oxygen atoms in total. The van der Waals surface area contributed by atoms with Crippen LogP contribution in [0.25, 0.3) is 10.1 Å². The van der Waals surface area contributed by atoms with Crippen molar-refractivity contribution < 1.29 is 0 Å². The summed E-state index contributed by atoms with van der Waals surface area (Å²) in [6, 6.07) is 9.06. The van der Waals surface area contributed by atoms with Crippen molar-refractivity contribution in [1.82, 2.24) is 9.27 Å². The topological polar surface area (TPSA) is 45.4 Å². The van der Waals surface area contributed by atoms with E-state index in [4.69, 9.17) is 10.1 Å². The Morgan fingerprint density at radius 3 is 2.58 bits per heavy atom. The third-order valence-corrected chi connectivity index (χ3v) is 6.59. The van der Waals surface area contributed by atoms with E-state index in [1.165, 1.54) is 54.6 Å². The lowest BCUT2D eigenvalue weighted by molar-refractivity contribution is 0.216. The van der Waals surface area contributed by atoms with E-state index in [1.54, 1.807) is 11.5 Å². The predicted molar refractivity (Wildman–Crippen MR) is 103 cm³/mol. The molecule has 1 saturated carbocycles. The van der Waals surface area contributed by atoms with E-state index in [0.29, 0.717) is 6.04 Å². The molecular weight excluding hydrogens is 316 g/mol. The molecule has 2 fully saturated rings. The minimum atomic E-state index is 0.470. The zero-order chi connectivity index (χ0) is 16.4. The summed E-state index contributed by atoms with van der Waals surface area (Å²) in [6.45, 7) is 5.79. The van der Waals surface area contributed by atoms with Gasteiger partial charge in [-0.1, -0.05) is 12.1 Å². The lowest BCUT2D eigenvalue weighted by atomic mass is 9.84. The summed E-state index contributed by atoms with van der Waals surface area (Å²) in [7, 11) is 0. The maximum Gasteiger partial charge on any atom is 0.150 e. The van der Waals surface area contributed by atoms with Crippen LogP contribution >= 0.6 is 11.5 Å². The van der Waals surface area contributed by atoms with Gasteiger partial charge in [0.15, 0.2) is 0 Å². The van der Waals surface area contributed by atoms with Gasteiger partial charge >= 0.3 is 0 Å². The first-order valence-corrected chi connectivity index (χ1v) is 10.1. The van der Waals surface area contributed by atoms with E-state index in [-0.39, 0.29) is 0 Å². The molecule has 0 spiro atoms. The number of hydrogen-bond acceptors (Lipinski definition) is 5. The Kier molecular flexibility index (Phi) is 5.01. The van der Waals surface area contributed by atoms with E-state index in [0.717, 1.165) is 32.1 Å². The van der Waals surface area contributed by atoms with Gasteiger partial charge in [0.1, 0.15) is 5.82 Å². The number of hydrogen-bond donors (Lipinski definition) is 1. The fourth-order valence-electron chi connectivity index (χ4n) is 4.13. The molecule has 0 radical (unpaired) electrons. The molecule has 0 amide bonds. The molecule has 1 aliphatic carbocycles. The number of anilines is 1. The fraction of sp³-hybridized carbons (Fsp3) is 0.632. The number of nitrogens with zero attached hydrogens (tertiary/aromatic N) is 3. The summed E-state index contributed by atoms with van der Waals surface area (Å²) >= 11 is 1.62. The van der Waals surface area contributed by atoms with Crippen LogP contribution < -0.4 is 10.6 Å². The number of fused-ring (bicyclic) bond motifs is 1. The van der Waals surface area contributed by atoms with Gasteiger partial charge in [-0.3, -0.25) is 4.90 Å². The summed E-state index contributed by atoms with van der Waals surface area (Å²) < 4.78 is 6.00. The Balaban J connectivity index is 1.27. The van der Waals surface area contributed by atoms with Crippen LogP contribution in [0.5, 0.6) is 0 Å². The van der Waals surface area contributed by atoms with Gasteiger partial charge in [0.05, 0.1) is 4.70 Å². The van der Waals surface area contributed by atoms with Crippen LogP contribution in [-0.2, 0) is 0 Å². The molecular formula is C19H28N4S. The van der Waals surface area contributed by atoms with Gasteiger partial charge in [0.2, 0.25) is 0 Å². The van der Waals surface area contributed by atoms with E-state index >= 15 is 0 Å². The van der Waals surface area contributed by atoms with Crippen LogP contribution in [0.2, 0.25) is 0 Å². The summed E-state index contributed by atoms with van der Waals surface area (Å²) in [5.74, 6) is 2.10. The van der Waals surface area contributed by atoms with Crippen LogP contribution in [0, 0.1) is 5.92 Å². The van der Waals surface area contributed by atoms with Crippen molar-refractivity contribution in [3.8, 4) is 0 Å². The summed E-state index contributed by atoms with van der Waals surface area (Å²) in [4.78, 5) is 5.11.